The minimum absolute atomic E-state index is 0.221. The lowest BCUT2D eigenvalue weighted by Crippen LogP contribution is -2.62. The summed E-state index contributed by atoms with van der Waals surface area (Å²) < 4.78 is 0. The monoisotopic (exact) mass is 450 g/mol. The molecule has 2 heterocycles. The number of benzene rings is 1. The molecule has 4 atom stereocenters. The normalized spacial score (nSPS) is 27.6. The van der Waals surface area contributed by atoms with Crippen molar-refractivity contribution in [2.24, 2.45) is 0 Å². The van der Waals surface area contributed by atoms with Crippen molar-refractivity contribution < 1.29 is 20.4 Å². The summed E-state index contributed by atoms with van der Waals surface area (Å²) in [6.07, 6.45) is 0.878. The number of aryl methyl sites for hydroxylation is 1. The van der Waals surface area contributed by atoms with Crippen LogP contribution in [0.25, 0.3) is 0 Å². The topological polar surface area (TPSA) is 103 Å². The van der Waals surface area contributed by atoms with Crippen molar-refractivity contribution in [3.63, 3.8) is 0 Å². The Morgan fingerprint density at radius 3 is 2.41 bits per heavy atom. The molecule has 5 N–H and O–H groups in total. The van der Waals surface area contributed by atoms with Crippen LogP contribution in [-0.4, -0.2) is 114 Å². The zero-order valence-electron chi connectivity index (χ0n) is 19.7. The number of nitrogens with zero attached hydrogens (tertiary/aromatic N) is 3. The third-order valence-corrected chi connectivity index (χ3v) is 6.99. The molecule has 0 radical (unpaired) electrons. The standard InChI is InChI=1S/C24H42N4O4/c1-18-7-8-19(27-13-11-26(2)12-14-27)15-20(18)25-9-5-3-4-6-10-28-16-22(30)24(32)23(31)21(28)17-29/h7-8,15,21-25,29-32H,3-6,9-14,16-17H2,1-2H3/t21-,22+,23-,24-/m1/s1. The maximum atomic E-state index is 10.1. The lowest BCUT2D eigenvalue weighted by atomic mass is 9.94. The summed E-state index contributed by atoms with van der Waals surface area (Å²) in [5, 5.41) is 42.9. The molecule has 1 aromatic rings. The molecule has 0 bridgehead atoms. The second-order valence-corrected chi connectivity index (χ2v) is 9.42. The maximum Gasteiger partial charge on any atom is 0.109 e. The number of unbranched alkanes of at least 4 members (excludes halogenated alkanes) is 3. The van der Waals surface area contributed by atoms with Crippen LogP contribution in [0.5, 0.6) is 0 Å². The molecule has 1 aromatic carbocycles. The van der Waals surface area contributed by atoms with Gasteiger partial charge in [0.2, 0.25) is 0 Å². The van der Waals surface area contributed by atoms with E-state index in [1.54, 1.807) is 0 Å². The number of anilines is 2. The van der Waals surface area contributed by atoms with Crippen molar-refractivity contribution in [3.05, 3.63) is 23.8 Å². The highest BCUT2D eigenvalue weighted by atomic mass is 16.4. The first-order valence-corrected chi connectivity index (χ1v) is 12.1. The summed E-state index contributed by atoms with van der Waals surface area (Å²) in [5.74, 6) is 0. The molecule has 0 saturated carbocycles. The zero-order chi connectivity index (χ0) is 23.1. The van der Waals surface area contributed by atoms with E-state index in [1.165, 1.54) is 16.9 Å². The van der Waals surface area contributed by atoms with Gasteiger partial charge in [-0.15, -0.1) is 0 Å². The summed E-state index contributed by atoms with van der Waals surface area (Å²) in [5.41, 5.74) is 3.77. The van der Waals surface area contributed by atoms with Gasteiger partial charge in [-0.3, -0.25) is 4.90 Å². The fraction of sp³-hybridized carbons (Fsp3) is 0.750. The van der Waals surface area contributed by atoms with Gasteiger partial charge in [0.25, 0.3) is 0 Å². The van der Waals surface area contributed by atoms with Crippen molar-refractivity contribution in [2.75, 3.05) is 69.7 Å². The Morgan fingerprint density at radius 1 is 0.969 bits per heavy atom. The number of aliphatic hydroxyl groups excluding tert-OH is 4. The third-order valence-electron chi connectivity index (χ3n) is 6.99. The molecule has 0 amide bonds. The molecular weight excluding hydrogens is 408 g/mol. The van der Waals surface area contributed by atoms with E-state index in [1.807, 2.05) is 4.90 Å². The van der Waals surface area contributed by atoms with E-state index in [2.05, 4.69) is 47.3 Å². The van der Waals surface area contributed by atoms with Gasteiger partial charge in [-0.2, -0.15) is 0 Å². The van der Waals surface area contributed by atoms with Crippen molar-refractivity contribution >= 4 is 11.4 Å². The Kier molecular flexibility index (Phi) is 9.58. The Balaban J connectivity index is 1.35. The molecule has 2 saturated heterocycles. The predicted octanol–water partition coefficient (Wildman–Crippen LogP) is 0.478. The van der Waals surface area contributed by atoms with Crippen LogP contribution in [0.15, 0.2) is 18.2 Å². The van der Waals surface area contributed by atoms with E-state index in [4.69, 9.17) is 0 Å². The molecule has 3 rings (SSSR count). The molecule has 2 aliphatic rings. The number of piperidine rings is 1. The van der Waals surface area contributed by atoms with Crippen LogP contribution in [-0.2, 0) is 0 Å². The predicted molar refractivity (Wildman–Crippen MR) is 128 cm³/mol. The third kappa shape index (κ3) is 6.56. The number of likely N-dealkylation sites (tertiary alicyclic amines) is 1. The molecular formula is C24H42N4O4. The second kappa shape index (κ2) is 12.2. The number of aliphatic hydroxyl groups is 4. The molecule has 0 unspecified atom stereocenters. The number of rotatable bonds is 10. The molecule has 182 valence electrons. The first-order chi connectivity index (χ1) is 15.4. The van der Waals surface area contributed by atoms with Gasteiger partial charge in [-0.25, -0.2) is 0 Å². The average molecular weight is 451 g/mol. The van der Waals surface area contributed by atoms with Crippen LogP contribution < -0.4 is 10.2 Å². The molecule has 2 fully saturated rings. The van der Waals surface area contributed by atoms with Crippen LogP contribution in [0.3, 0.4) is 0 Å². The van der Waals surface area contributed by atoms with Crippen molar-refractivity contribution in [1.82, 2.24) is 9.80 Å². The van der Waals surface area contributed by atoms with Crippen molar-refractivity contribution in [3.8, 4) is 0 Å². The summed E-state index contributed by atoms with van der Waals surface area (Å²) >= 11 is 0. The Labute approximate surface area is 192 Å². The van der Waals surface area contributed by atoms with Gasteiger partial charge in [0.15, 0.2) is 0 Å². The van der Waals surface area contributed by atoms with E-state index in [9.17, 15) is 20.4 Å². The summed E-state index contributed by atoms with van der Waals surface area (Å²) in [4.78, 5) is 6.72. The molecule has 8 nitrogen and oxygen atoms in total. The van der Waals surface area contributed by atoms with E-state index < -0.39 is 24.4 Å². The van der Waals surface area contributed by atoms with Gasteiger partial charge in [-0.1, -0.05) is 18.9 Å². The highest BCUT2D eigenvalue weighted by molar-refractivity contribution is 5.62. The molecule has 0 aromatic heterocycles. The van der Waals surface area contributed by atoms with Gasteiger partial charge >= 0.3 is 0 Å². The van der Waals surface area contributed by atoms with Crippen LogP contribution in [0.2, 0.25) is 0 Å². The average Bonchev–Trinajstić information content (AvgIpc) is 2.78. The van der Waals surface area contributed by atoms with E-state index in [0.717, 1.165) is 58.4 Å². The molecule has 32 heavy (non-hydrogen) atoms. The minimum Gasteiger partial charge on any atom is -0.395 e. The zero-order valence-corrected chi connectivity index (χ0v) is 19.7. The highest BCUT2D eigenvalue weighted by Crippen LogP contribution is 2.24. The number of β-amino-alcohol motifs (C(OH)–C–C–N with tert-alkyl or cyclic N) is 1. The van der Waals surface area contributed by atoms with Gasteiger partial charge in [0.05, 0.1) is 18.8 Å². The lowest BCUT2D eigenvalue weighted by Gasteiger charge is -2.43. The maximum absolute atomic E-state index is 10.1. The molecule has 0 aliphatic carbocycles. The summed E-state index contributed by atoms with van der Waals surface area (Å²) in [7, 11) is 2.17. The summed E-state index contributed by atoms with van der Waals surface area (Å²) in [6.45, 7) is 8.18. The fourth-order valence-corrected chi connectivity index (χ4v) is 4.71. The number of hydrogen-bond acceptors (Lipinski definition) is 8. The smallest absolute Gasteiger partial charge is 0.109 e. The molecule has 0 spiro atoms. The Morgan fingerprint density at radius 2 is 1.69 bits per heavy atom. The molecule has 8 heteroatoms. The first-order valence-electron chi connectivity index (χ1n) is 12.1. The second-order valence-electron chi connectivity index (χ2n) is 9.42. The Hall–Kier alpha value is -1.42. The van der Waals surface area contributed by atoms with Crippen molar-refractivity contribution in [2.45, 2.75) is 57.0 Å². The Bertz CT molecular complexity index is 699. The number of hydrogen-bond donors (Lipinski definition) is 5. The van der Waals surface area contributed by atoms with Crippen LogP contribution >= 0.6 is 0 Å². The van der Waals surface area contributed by atoms with Crippen LogP contribution in [0.4, 0.5) is 11.4 Å². The van der Waals surface area contributed by atoms with Gasteiger partial charge in [-0.05, 0) is 51.1 Å². The summed E-state index contributed by atoms with van der Waals surface area (Å²) in [6, 6.07) is 6.19. The van der Waals surface area contributed by atoms with Crippen molar-refractivity contribution in [1.29, 1.82) is 0 Å². The lowest BCUT2D eigenvalue weighted by molar-refractivity contribution is -0.145. The SMILES string of the molecule is Cc1ccc(N2CCN(C)CC2)cc1NCCCCCCN1C[C@H](O)[C@@H](O)[C@H](O)[C@H]1CO. The van der Waals surface area contributed by atoms with Crippen LogP contribution in [0.1, 0.15) is 31.2 Å². The van der Waals surface area contributed by atoms with E-state index >= 15 is 0 Å². The molecule has 2 aliphatic heterocycles. The van der Waals surface area contributed by atoms with Gasteiger partial charge in [0.1, 0.15) is 12.2 Å². The number of likely N-dealkylation sites (N-methyl/N-ethyl adjacent to an activating group) is 1. The quantitative estimate of drug-likeness (QED) is 0.328. The number of nitrogens with one attached hydrogen (secondary N) is 1. The van der Waals surface area contributed by atoms with Crippen LogP contribution in [0, 0.1) is 6.92 Å². The largest absolute Gasteiger partial charge is 0.395 e. The van der Waals surface area contributed by atoms with Gasteiger partial charge in [0, 0.05) is 50.6 Å². The first kappa shape index (κ1) is 25.2. The highest BCUT2D eigenvalue weighted by Gasteiger charge is 2.40. The van der Waals surface area contributed by atoms with E-state index in [-0.39, 0.29) is 13.2 Å². The van der Waals surface area contributed by atoms with Gasteiger partial charge < -0.3 is 35.5 Å². The minimum atomic E-state index is -1.19. The van der Waals surface area contributed by atoms with E-state index in [0.29, 0.717) is 6.54 Å². The number of piperazine rings is 1. The fourth-order valence-electron chi connectivity index (χ4n) is 4.71.